The first-order chi connectivity index (χ1) is 12.1. The van der Waals surface area contributed by atoms with E-state index in [0.29, 0.717) is 23.0 Å². The summed E-state index contributed by atoms with van der Waals surface area (Å²) < 4.78 is 15.8. The van der Waals surface area contributed by atoms with Crippen molar-refractivity contribution in [2.24, 2.45) is 5.10 Å². The molecule has 0 spiro atoms. The third-order valence-corrected chi connectivity index (χ3v) is 3.91. The highest BCUT2D eigenvalue weighted by atomic mass is 32.1. The van der Waals surface area contributed by atoms with Crippen LogP contribution in [0.5, 0.6) is 11.5 Å². The fraction of sp³-hybridized carbons (Fsp3) is 0.438. The Morgan fingerprint density at radius 3 is 2.88 bits per heavy atom. The number of hydrazone groups is 1. The van der Waals surface area contributed by atoms with E-state index in [1.54, 1.807) is 12.1 Å². The second kappa shape index (κ2) is 9.19. The number of methoxy groups -OCH3 is 2. The SMILES string of the molecule is COc1ccc(/C=N\NC(=S)NC[C@H]2CCCO2)c(C(=O)O)c1OC. The number of nitrogens with zero attached hydrogens (tertiary/aromatic N) is 1. The Kier molecular flexibility index (Phi) is 6.96. The molecule has 0 amide bonds. The van der Waals surface area contributed by atoms with Crippen LogP contribution in [0.15, 0.2) is 17.2 Å². The summed E-state index contributed by atoms with van der Waals surface area (Å²) in [5, 5.41) is 16.8. The Hall–Kier alpha value is -2.39. The van der Waals surface area contributed by atoms with E-state index < -0.39 is 5.97 Å². The third-order valence-electron chi connectivity index (χ3n) is 3.68. The van der Waals surface area contributed by atoms with Gasteiger partial charge in [-0.3, -0.25) is 5.43 Å². The Balaban J connectivity index is 2.01. The van der Waals surface area contributed by atoms with Gasteiger partial charge in [-0.05, 0) is 37.2 Å². The zero-order chi connectivity index (χ0) is 18.2. The number of aromatic carboxylic acids is 1. The molecule has 136 valence electrons. The molecule has 1 heterocycles. The van der Waals surface area contributed by atoms with Crippen LogP contribution in [0.25, 0.3) is 0 Å². The van der Waals surface area contributed by atoms with Crippen LogP contribution in [0.2, 0.25) is 0 Å². The lowest BCUT2D eigenvalue weighted by molar-refractivity contribution is 0.0692. The average molecular weight is 367 g/mol. The number of carbonyl (C=O) groups is 1. The number of ether oxygens (including phenoxy) is 3. The summed E-state index contributed by atoms with van der Waals surface area (Å²) >= 11 is 5.12. The van der Waals surface area contributed by atoms with Crippen molar-refractivity contribution in [3.8, 4) is 11.5 Å². The van der Waals surface area contributed by atoms with Crippen LogP contribution in [0.3, 0.4) is 0 Å². The minimum Gasteiger partial charge on any atom is -0.493 e. The van der Waals surface area contributed by atoms with E-state index in [2.05, 4.69) is 15.8 Å². The number of thiocarbonyl (C=S) groups is 1. The number of hydrogen-bond acceptors (Lipinski definition) is 6. The molecule has 0 bridgehead atoms. The van der Waals surface area contributed by atoms with Crippen LogP contribution in [-0.4, -0.2) is 55.9 Å². The molecule has 1 aromatic rings. The molecule has 8 nitrogen and oxygen atoms in total. The summed E-state index contributed by atoms with van der Waals surface area (Å²) in [5.41, 5.74) is 2.98. The molecule has 1 fully saturated rings. The van der Waals surface area contributed by atoms with Gasteiger partial charge in [0.1, 0.15) is 5.56 Å². The number of carboxylic acids is 1. The lowest BCUT2D eigenvalue weighted by Crippen LogP contribution is -2.37. The van der Waals surface area contributed by atoms with Gasteiger partial charge in [-0.25, -0.2) is 4.79 Å². The predicted octanol–water partition coefficient (Wildman–Crippen LogP) is 1.38. The van der Waals surface area contributed by atoms with Gasteiger partial charge < -0.3 is 24.6 Å². The van der Waals surface area contributed by atoms with Gasteiger partial charge in [-0.1, -0.05) is 0 Å². The Bertz CT molecular complexity index is 659. The number of rotatable bonds is 7. The minimum absolute atomic E-state index is 0.0365. The molecule has 2 rings (SSSR count). The molecule has 25 heavy (non-hydrogen) atoms. The molecule has 0 unspecified atom stereocenters. The molecule has 0 aromatic heterocycles. The van der Waals surface area contributed by atoms with Gasteiger partial charge in [0.2, 0.25) is 0 Å². The molecule has 1 saturated heterocycles. The van der Waals surface area contributed by atoms with Crippen molar-refractivity contribution in [2.75, 3.05) is 27.4 Å². The monoisotopic (exact) mass is 367 g/mol. The molecule has 0 aliphatic carbocycles. The van der Waals surface area contributed by atoms with Gasteiger partial charge in [-0.15, -0.1) is 0 Å². The summed E-state index contributed by atoms with van der Waals surface area (Å²) in [6.07, 6.45) is 3.59. The lowest BCUT2D eigenvalue weighted by Gasteiger charge is -2.13. The van der Waals surface area contributed by atoms with E-state index in [9.17, 15) is 9.90 Å². The highest BCUT2D eigenvalue weighted by Crippen LogP contribution is 2.32. The van der Waals surface area contributed by atoms with Gasteiger partial charge in [0.05, 0.1) is 26.5 Å². The standard InChI is InChI=1S/C16H21N3O5S/c1-22-12-6-5-10(13(15(20)21)14(12)23-2)8-18-19-16(25)17-9-11-4-3-7-24-11/h5-6,8,11H,3-4,7,9H2,1-2H3,(H,20,21)(H2,17,19,25)/b18-8-/t11-/m1/s1. The molecule has 1 atom stereocenters. The molecular formula is C16H21N3O5S. The van der Waals surface area contributed by atoms with Gasteiger partial charge in [-0.2, -0.15) is 5.10 Å². The fourth-order valence-corrected chi connectivity index (χ4v) is 2.62. The quantitative estimate of drug-likeness (QED) is 0.377. The predicted molar refractivity (Wildman–Crippen MR) is 96.8 cm³/mol. The summed E-state index contributed by atoms with van der Waals surface area (Å²) in [5.74, 6) is -0.673. The Labute approximate surface area is 151 Å². The van der Waals surface area contributed by atoms with Crippen molar-refractivity contribution in [3.63, 3.8) is 0 Å². The maximum absolute atomic E-state index is 11.5. The fourth-order valence-electron chi connectivity index (χ4n) is 2.48. The number of nitrogens with one attached hydrogen (secondary N) is 2. The summed E-state index contributed by atoms with van der Waals surface area (Å²) in [6.45, 7) is 1.39. The highest BCUT2D eigenvalue weighted by Gasteiger charge is 2.20. The van der Waals surface area contributed by atoms with Crippen LogP contribution < -0.4 is 20.2 Å². The van der Waals surface area contributed by atoms with Gasteiger partial charge in [0.25, 0.3) is 0 Å². The first kappa shape index (κ1) is 18.9. The van der Waals surface area contributed by atoms with Crippen molar-refractivity contribution in [2.45, 2.75) is 18.9 Å². The van der Waals surface area contributed by atoms with E-state index >= 15 is 0 Å². The van der Waals surface area contributed by atoms with Crippen LogP contribution in [0, 0.1) is 0 Å². The van der Waals surface area contributed by atoms with Crippen LogP contribution in [0.4, 0.5) is 0 Å². The Morgan fingerprint density at radius 1 is 1.48 bits per heavy atom. The topological polar surface area (TPSA) is 101 Å². The summed E-state index contributed by atoms with van der Waals surface area (Å²) in [6, 6.07) is 3.19. The molecule has 0 radical (unpaired) electrons. The molecule has 1 aliphatic heterocycles. The molecule has 1 aliphatic rings. The maximum atomic E-state index is 11.5. The molecule has 0 saturated carbocycles. The summed E-state index contributed by atoms with van der Waals surface area (Å²) in [7, 11) is 2.82. The molecule has 1 aromatic carbocycles. The zero-order valence-electron chi connectivity index (χ0n) is 14.1. The minimum atomic E-state index is -1.14. The van der Waals surface area contributed by atoms with Crippen molar-refractivity contribution < 1.29 is 24.1 Å². The van der Waals surface area contributed by atoms with E-state index in [4.69, 9.17) is 26.4 Å². The first-order valence-electron chi connectivity index (χ1n) is 7.73. The van der Waals surface area contributed by atoms with Gasteiger partial charge in [0, 0.05) is 18.7 Å². The first-order valence-corrected chi connectivity index (χ1v) is 8.14. The largest absolute Gasteiger partial charge is 0.493 e. The van der Waals surface area contributed by atoms with Crippen molar-refractivity contribution >= 4 is 29.5 Å². The third kappa shape index (κ3) is 5.04. The lowest BCUT2D eigenvalue weighted by atomic mass is 10.1. The number of hydrogen-bond donors (Lipinski definition) is 3. The van der Waals surface area contributed by atoms with Crippen molar-refractivity contribution in [1.29, 1.82) is 0 Å². The van der Waals surface area contributed by atoms with Gasteiger partial charge in [0.15, 0.2) is 16.6 Å². The highest BCUT2D eigenvalue weighted by molar-refractivity contribution is 7.80. The van der Waals surface area contributed by atoms with E-state index in [-0.39, 0.29) is 17.4 Å². The van der Waals surface area contributed by atoms with E-state index in [0.717, 1.165) is 19.4 Å². The van der Waals surface area contributed by atoms with Crippen LogP contribution in [-0.2, 0) is 4.74 Å². The normalized spacial score (nSPS) is 16.6. The van der Waals surface area contributed by atoms with Crippen molar-refractivity contribution in [3.05, 3.63) is 23.3 Å². The number of benzene rings is 1. The second-order valence-corrected chi connectivity index (χ2v) is 5.69. The van der Waals surface area contributed by atoms with Crippen molar-refractivity contribution in [1.82, 2.24) is 10.7 Å². The van der Waals surface area contributed by atoms with E-state index in [1.807, 2.05) is 0 Å². The molecule has 3 N–H and O–H groups in total. The smallest absolute Gasteiger partial charge is 0.340 e. The average Bonchev–Trinajstić information content (AvgIpc) is 3.12. The van der Waals surface area contributed by atoms with E-state index in [1.165, 1.54) is 20.4 Å². The summed E-state index contributed by atoms with van der Waals surface area (Å²) in [4.78, 5) is 11.5. The van der Waals surface area contributed by atoms with Gasteiger partial charge >= 0.3 is 5.97 Å². The molecule has 9 heteroatoms. The second-order valence-electron chi connectivity index (χ2n) is 5.29. The number of carboxylic acid groups (broad SMARTS) is 1. The molecular weight excluding hydrogens is 346 g/mol. The maximum Gasteiger partial charge on any atom is 0.340 e. The Morgan fingerprint density at radius 2 is 2.28 bits per heavy atom. The van der Waals surface area contributed by atoms with Crippen LogP contribution in [0.1, 0.15) is 28.8 Å². The zero-order valence-corrected chi connectivity index (χ0v) is 14.9. The van der Waals surface area contributed by atoms with Crippen LogP contribution >= 0.6 is 12.2 Å².